The third-order valence-electron chi connectivity index (χ3n) is 6.95. The molecule has 4 aliphatic rings. The van der Waals surface area contributed by atoms with Crippen molar-refractivity contribution in [2.75, 3.05) is 4.90 Å². The molecule has 2 amide bonds. The van der Waals surface area contributed by atoms with E-state index >= 15 is 0 Å². The zero-order valence-corrected chi connectivity index (χ0v) is 17.7. The van der Waals surface area contributed by atoms with Gasteiger partial charge in [-0.25, -0.2) is 4.90 Å². The van der Waals surface area contributed by atoms with Gasteiger partial charge in [0.25, 0.3) is 5.54 Å². The number of anilines is 1. The van der Waals surface area contributed by atoms with Crippen molar-refractivity contribution >= 4 is 33.4 Å². The van der Waals surface area contributed by atoms with Crippen LogP contribution in [-0.4, -0.2) is 16.7 Å². The first-order valence-electron chi connectivity index (χ1n) is 9.94. The number of amides is 2. The standard InChI is InChI=1S/C24H15BrN2O4/c25-13-9-11-14(12-10-13)26-22(28)20-19-15-5-1-3-7-17(15)24(27(30)31,21(20)23(26)29)18-8-4-2-6-16(18)19/h1-12,19-21H/t19?,20-,21-,24?/m1/s1. The molecule has 0 N–H and O–H groups in total. The molecular formula is C24H15BrN2O4. The first kappa shape index (κ1) is 18.4. The Morgan fingerprint density at radius 1 is 0.839 bits per heavy atom. The third kappa shape index (κ3) is 2.07. The molecule has 152 valence electrons. The Balaban J connectivity index is 1.67. The Labute approximate surface area is 185 Å². The average molecular weight is 475 g/mol. The largest absolute Gasteiger partial charge is 0.285 e. The Morgan fingerprint density at radius 2 is 1.39 bits per heavy atom. The van der Waals surface area contributed by atoms with Crippen LogP contribution in [0.25, 0.3) is 0 Å². The minimum atomic E-state index is -1.79. The molecule has 1 saturated heterocycles. The number of carbonyl (C=O) groups excluding carboxylic acids is 2. The molecule has 2 bridgehead atoms. The van der Waals surface area contributed by atoms with E-state index in [-0.39, 0.29) is 10.8 Å². The van der Waals surface area contributed by atoms with Crippen molar-refractivity contribution < 1.29 is 14.5 Å². The lowest BCUT2D eigenvalue weighted by Crippen LogP contribution is -2.57. The van der Waals surface area contributed by atoms with Crippen molar-refractivity contribution in [2.45, 2.75) is 11.5 Å². The van der Waals surface area contributed by atoms with Gasteiger partial charge in [-0.1, -0.05) is 64.5 Å². The van der Waals surface area contributed by atoms with Crippen LogP contribution in [0.2, 0.25) is 0 Å². The van der Waals surface area contributed by atoms with Crippen LogP contribution in [0.1, 0.15) is 28.2 Å². The molecule has 1 heterocycles. The van der Waals surface area contributed by atoms with Crippen molar-refractivity contribution in [1.29, 1.82) is 0 Å². The van der Waals surface area contributed by atoms with E-state index in [1.807, 2.05) is 24.3 Å². The maximum Gasteiger partial charge on any atom is 0.285 e. The van der Waals surface area contributed by atoms with Gasteiger partial charge in [0.15, 0.2) is 0 Å². The zero-order chi connectivity index (χ0) is 21.5. The Morgan fingerprint density at radius 3 is 1.94 bits per heavy atom. The summed E-state index contributed by atoms with van der Waals surface area (Å²) in [5, 5.41) is 12.9. The second-order valence-corrected chi connectivity index (χ2v) is 9.08. The molecule has 0 radical (unpaired) electrons. The molecule has 6 nitrogen and oxygen atoms in total. The Bertz CT molecular complexity index is 1260. The van der Waals surface area contributed by atoms with Crippen LogP contribution in [0.3, 0.4) is 0 Å². The maximum absolute atomic E-state index is 13.7. The summed E-state index contributed by atoms with van der Waals surface area (Å²) in [6, 6.07) is 21.2. The highest BCUT2D eigenvalue weighted by atomic mass is 79.9. The molecule has 0 unspecified atom stereocenters. The van der Waals surface area contributed by atoms with Crippen LogP contribution in [0.5, 0.6) is 0 Å². The van der Waals surface area contributed by atoms with E-state index < -0.39 is 29.2 Å². The lowest BCUT2D eigenvalue weighted by Gasteiger charge is -2.48. The molecule has 0 aromatic heterocycles. The smallest absolute Gasteiger partial charge is 0.274 e. The topological polar surface area (TPSA) is 80.5 Å². The van der Waals surface area contributed by atoms with Gasteiger partial charge in [-0.05, 0) is 35.4 Å². The summed E-state index contributed by atoms with van der Waals surface area (Å²) in [6.07, 6.45) is 0. The third-order valence-corrected chi connectivity index (χ3v) is 7.47. The van der Waals surface area contributed by atoms with Gasteiger partial charge in [0.1, 0.15) is 5.92 Å². The molecule has 3 aromatic carbocycles. The van der Waals surface area contributed by atoms with E-state index in [4.69, 9.17) is 0 Å². The summed E-state index contributed by atoms with van der Waals surface area (Å²) < 4.78 is 0.814. The van der Waals surface area contributed by atoms with Crippen molar-refractivity contribution in [3.05, 3.63) is 110 Å². The summed E-state index contributed by atoms with van der Waals surface area (Å²) in [6.45, 7) is 0. The molecule has 1 aliphatic heterocycles. The van der Waals surface area contributed by atoms with Gasteiger partial charge in [-0.2, -0.15) is 0 Å². The highest BCUT2D eigenvalue weighted by molar-refractivity contribution is 9.10. The van der Waals surface area contributed by atoms with Crippen LogP contribution in [0.15, 0.2) is 77.3 Å². The molecule has 7 heteroatoms. The summed E-state index contributed by atoms with van der Waals surface area (Å²) in [7, 11) is 0. The van der Waals surface area contributed by atoms with E-state index in [1.54, 1.807) is 48.5 Å². The number of nitrogens with zero attached hydrogens (tertiary/aromatic N) is 2. The molecule has 7 rings (SSSR count). The molecule has 31 heavy (non-hydrogen) atoms. The lowest BCUT2D eigenvalue weighted by molar-refractivity contribution is -0.578. The molecular weight excluding hydrogens is 460 g/mol. The monoisotopic (exact) mass is 474 g/mol. The summed E-state index contributed by atoms with van der Waals surface area (Å²) in [4.78, 5) is 41.1. The number of hydrogen-bond acceptors (Lipinski definition) is 4. The van der Waals surface area contributed by atoms with E-state index in [9.17, 15) is 19.7 Å². The van der Waals surface area contributed by atoms with Crippen molar-refractivity contribution in [3.8, 4) is 0 Å². The molecule has 3 aromatic rings. The quantitative estimate of drug-likeness (QED) is 0.316. The van der Waals surface area contributed by atoms with E-state index in [2.05, 4.69) is 15.9 Å². The minimum Gasteiger partial charge on any atom is -0.274 e. The number of halogens is 1. The van der Waals surface area contributed by atoms with E-state index in [0.29, 0.717) is 16.8 Å². The fraction of sp³-hybridized carbons (Fsp3) is 0.167. The maximum atomic E-state index is 13.7. The van der Waals surface area contributed by atoms with Crippen LogP contribution in [0.4, 0.5) is 5.69 Å². The fourth-order valence-electron chi connectivity index (χ4n) is 5.89. The second-order valence-electron chi connectivity index (χ2n) is 8.17. The predicted molar refractivity (Wildman–Crippen MR) is 116 cm³/mol. The zero-order valence-electron chi connectivity index (χ0n) is 16.1. The van der Waals surface area contributed by atoms with E-state index in [0.717, 1.165) is 20.5 Å². The molecule has 2 atom stereocenters. The predicted octanol–water partition coefficient (Wildman–Crippen LogP) is 4.23. The highest BCUT2D eigenvalue weighted by Crippen LogP contribution is 2.64. The first-order chi connectivity index (χ1) is 15.0. The Hall–Kier alpha value is -3.32. The van der Waals surface area contributed by atoms with Gasteiger partial charge in [0.05, 0.1) is 11.6 Å². The van der Waals surface area contributed by atoms with Gasteiger partial charge in [-0.15, -0.1) is 0 Å². The SMILES string of the molecule is O=C1[C@@H]2C3c4ccccc4C([N+](=O)[O-])(c4ccccc43)[C@H]2C(=O)N1c1ccc(Br)cc1. The summed E-state index contributed by atoms with van der Waals surface area (Å²) >= 11 is 3.36. The molecule has 0 spiro atoms. The fourth-order valence-corrected chi connectivity index (χ4v) is 6.15. The number of imide groups is 1. The van der Waals surface area contributed by atoms with E-state index in [1.165, 1.54) is 0 Å². The van der Waals surface area contributed by atoms with Gasteiger partial charge in [0.2, 0.25) is 11.8 Å². The Kier molecular flexibility index (Phi) is 3.63. The van der Waals surface area contributed by atoms with Gasteiger partial charge in [-0.3, -0.25) is 19.7 Å². The van der Waals surface area contributed by atoms with Crippen molar-refractivity contribution in [3.63, 3.8) is 0 Å². The first-order valence-corrected chi connectivity index (χ1v) is 10.7. The number of rotatable bonds is 2. The average Bonchev–Trinajstić information content (AvgIpc) is 3.05. The van der Waals surface area contributed by atoms with Gasteiger partial charge in [0, 0.05) is 26.4 Å². The number of nitro groups is 1. The normalized spacial score (nSPS) is 27.6. The molecule has 3 aliphatic carbocycles. The number of carbonyl (C=O) groups is 2. The van der Waals surface area contributed by atoms with Gasteiger partial charge >= 0.3 is 0 Å². The summed E-state index contributed by atoms with van der Waals surface area (Å²) in [5.74, 6) is -3.18. The van der Waals surface area contributed by atoms with Gasteiger partial charge < -0.3 is 0 Å². The highest BCUT2D eigenvalue weighted by Gasteiger charge is 2.74. The van der Waals surface area contributed by atoms with Crippen LogP contribution in [0, 0.1) is 22.0 Å². The number of hydrogen-bond donors (Lipinski definition) is 0. The van der Waals surface area contributed by atoms with Crippen LogP contribution in [-0.2, 0) is 15.1 Å². The van der Waals surface area contributed by atoms with Crippen LogP contribution >= 0.6 is 15.9 Å². The number of benzene rings is 3. The van der Waals surface area contributed by atoms with Crippen molar-refractivity contribution in [2.24, 2.45) is 11.8 Å². The lowest BCUT2D eigenvalue weighted by atomic mass is 9.51. The second kappa shape index (κ2) is 6.11. The van der Waals surface area contributed by atoms with Crippen molar-refractivity contribution in [1.82, 2.24) is 0 Å². The summed E-state index contributed by atoms with van der Waals surface area (Å²) in [5.41, 5.74) is 1.20. The van der Waals surface area contributed by atoms with Crippen LogP contribution < -0.4 is 4.90 Å². The molecule has 0 saturated carbocycles. The minimum absolute atomic E-state index is 0.353. The molecule has 1 fully saturated rings.